The number of rotatable bonds is 6. The number of carbonyl (C=O) groups excluding carboxylic acids is 5. The van der Waals surface area contributed by atoms with Crippen LogP contribution in [0.5, 0.6) is 0 Å². The molecular weight excluding hydrogens is 913 g/mol. The Bertz CT molecular complexity index is 1920. The van der Waals surface area contributed by atoms with Crippen molar-refractivity contribution in [1.82, 2.24) is 9.96 Å². The molecule has 0 radical (unpaired) electrons. The monoisotopic (exact) mass is 1000 g/mol. The van der Waals surface area contributed by atoms with E-state index in [0.29, 0.717) is 74.0 Å². The Kier molecular flexibility index (Phi) is 22.7. The summed E-state index contributed by atoms with van der Waals surface area (Å²) in [6, 6.07) is -2.14. The number of cyclic esters (lactones) is 1. The molecule has 4 aliphatic rings. The maximum Gasteiger partial charge on any atom is 0.434 e. The van der Waals surface area contributed by atoms with E-state index in [9.17, 15) is 44.5 Å². The number of hydroxylamine groups is 2. The van der Waals surface area contributed by atoms with E-state index in [1.807, 2.05) is 45.9 Å². The highest BCUT2D eigenvalue weighted by Crippen LogP contribution is 2.38. The van der Waals surface area contributed by atoms with Crippen molar-refractivity contribution in [1.29, 1.82) is 0 Å². The molecule has 402 valence electrons. The van der Waals surface area contributed by atoms with Crippen molar-refractivity contribution in [3.05, 3.63) is 47.6 Å². The van der Waals surface area contributed by atoms with Crippen LogP contribution in [0.15, 0.2) is 47.6 Å². The molecule has 0 unspecified atom stereocenters. The Labute approximate surface area is 423 Å². The lowest BCUT2D eigenvalue weighted by molar-refractivity contribution is -0.266. The molecule has 3 heterocycles. The van der Waals surface area contributed by atoms with Crippen LogP contribution in [-0.2, 0) is 42.9 Å². The summed E-state index contributed by atoms with van der Waals surface area (Å²) in [4.78, 5) is 71.6. The number of nitrogens with zero attached hydrogens (tertiary/aromatic N) is 2. The average Bonchev–Trinajstić information content (AvgIpc) is 3.31. The quantitative estimate of drug-likeness (QED) is 0.0652. The molecule has 1 aliphatic carbocycles. The van der Waals surface area contributed by atoms with Crippen molar-refractivity contribution < 1.29 is 68.2 Å². The van der Waals surface area contributed by atoms with E-state index >= 15 is 0 Å². The predicted octanol–water partition coefficient (Wildman–Crippen LogP) is 7.98. The van der Waals surface area contributed by atoms with Crippen molar-refractivity contribution in [2.45, 2.75) is 213 Å². The minimum atomic E-state index is -2.57. The molecule has 2 saturated heterocycles. The number of hydrogen-bond donors (Lipinski definition) is 4. The molecule has 16 nitrogen and oxygen atoms in total. The van der Waals surface area contributed by atoms with Crippen molar-refractivity contribution >= 4 is 29.5 Å². The number of Topliss-reactive ketones (excluding diaryl/α,β-unsaturated/α-hetero) is 2. The van der Waals surface area contributed by atoms with Crippen LogP contribution in [0.3, 0.4) is 0 Å². The van der Waals surface area contributed by atoms with Crippen LogP contribution in [-0.4, -0.2) is 141 Å². The Morgan fingerprint density at radius 3 is 2.24 bits per heavy atom. The van der Waals surface area contributed by atoms with Gasteiger partial charge in [0.05, 0.1) is 24.4 Å². The Hall–Kier alpha value is -3.77. The van der Waals surface area contributed by atoms with Crippen LogP contribution >= 0.6 is 0 Å². The number of aliphatic hydroxyl groups excluding tert-OH is 2. The SMILES string of the molecule is CO[C@@H]1C[C@H](C[C@@H](C)[C@@H]2CC[C@H](C)/C=C(\C)[C@@H](O)[C@@H](OC)C(=O)[C@H](C)C[C@H](C)/C=C/C=C/C=C(\C)[C@@H](N(O)C(=O)OC(C)(C)C)C[C@@H]3CC[C@@H](C)[C@@](O)(O3)C(=O)C(=O)N3CCCC[C@H]3C(=O)O2)CC[C@H]1O. The lowest BCUT2D eigenvalue weighted by Crippen LogP contribution is -2.61. The zero-order valence-electron chi connectivity index (χ0n) is 44.7. The van der Waals surface area contributed by atoms with Crippen molar-refractivity contribution in [2.24, 2.45) is 35.5 Å². The van der Waals surface area contributed by atoms with Crippen LogP contribution in [0.25, 0.3) is 0 Å². The smallest absolute Gasteiger partial charge is 0.434 e. The fraction of sp³-hybridized carbons (Fsp3) is 0.764. The predicted molar refractivity (Wildman–Crippen MR) is 268 cm³/mol. The van der Waals surface area contributed by atoms with E-state index < -0.39 is 89.6 Å². The number of ketones is 2. The molecule has 0 aromatic rings. The van der Waals surface area contributed by atoms with Crippen LogP contribution in [0.1, 0.15) is 153 Å². The second-order valence-electron chi connectivity index (χ2n) is 22.3. The second-order valence-corrected chi connectivity index (χ2v) is 22.3. The first-order valence-electron chi connectivity index (χ1n) is 26.1. The number of carbonyl (C=O) groups is 5. The zero-order valence-corrected chi connectivity index (χ0v) is 44.7. The van der Waals surface area contributed by atoms with Gasteiger partial charge in [0.2, 0.25) is 5.79 Å². The number of ether oxygens (including phenoxy) is 5. The fourth-order valence-corrected chi connectivity index (χ4v) is 10.8. The fourth-order valence-electron chi connectivity index (χ4n) is 10.8. The van der Waals surface area contributed by atoms with Gasteiger partial charge < -0.3 is 43.9 Å². The minimum absolute atomic E-state index is 0.0330. The van der Waals surface area contributed by atoms with Crippen LogP contribution in [0, 0.1) is 35.5 Å². The first-order chi connectivity index (χ1) is 33.3. The number of aliphatic hydroxyl groups is 3. The molecule has 3 fully saturated rings. The van der Waals surface area contributed by atoms with Gasteiger partial charge in [-0.3, -0.25) is 19.6 Å². The van der Waals surface area contributed by atoms with E-state index in [1.54, 1.807) is 66.9 Å². The minimum Gasteiger partial charge on any atom is -0.461 e. The summed E-state index contributed by atoms with van der Waals surface area (Å²) in [6.07, 6.45) is 11.3. The largest absolute Gasteiger partial charge is 0.461 e. The van der Waals surface area contributed by atoms with Crippen LogP contribution in [0.2, 0.25) is 0 Å². The highest BCUT2D eigenvalue weighted by atomic mass is 16.6. The number of amides is 2. The zero-order chi connectivity index (χ0) is 53.0. The summed E-state index contributed by atoms with van der Waals surface area (Å²) in [5.74, 6) is -7.07. The van der Waals surface area contributed by atoms with Gasteiger partial charge in [-0.25, -0.2) is 9.59 Å². The molecule has 3 aliphatic heterocycles. The molecule has 0 spiro atoms. The molecular formula is C55H88N2O14. The molecule has 0 aromatic heterocycles. The van der Waals surface area contributed by atoms with Gasteiger partial charge in [0.25, 0.3) is 11.7 Å². The number of methoxy groups -OCH3 is 2. The molecule has 4 rings (SSSR count). The van der Waals surface area contributed by atoms with Crippen LogP contribution < -0.4 is 0 Å². The third kappa shape index (κ3) is 16.6. The topological polar surface area (TPSA) is 219 Å². The first-order valence-corrected chi connectivity index (χ1v) is 26.1. The van der Waals surface area contributed by atoms with E-state index in [1.165, 1.54) is 12.0 Å². The summed E-state index contributed by atoms with van der Waals surface area (Å²) >= 11 is 0. The van der Waals surface area contributed by atoms with Crippen molar-refractivity contribution in [3.63, 3.8) is 0 Å². The molecule has 0 aromatic carbocycles. The third-order valence-corrected chi connectivity index (χ3v) is 15.1. The number of fused-ring (bicyclic) bond motifs is 3. The molecule has 71 heavy (non-hydrogen) atoms. The average molecular weight is 1000 g/mol. The second kappa shape index (κ2) is 27.0. The normalized spacial score (nSPS) is 38.1. The molecule has 2 bridgehead atoms. The van der Waals surface area contributed by atoms with Gasteiger partial charge in [0.1, 0.15) is 30.0 Å². The summed E-state index contributed by atoms with van der Waals surface area (Å²) < 4.78 is 29.3. The highest BCUT2D eigenvalue weighted by Gasteiger charge is 2.53. The van der Waals surface area contributed by atoms with Crippen molar-refractivity contribution in [3.8, 4) is 0 Å². The van der Waals surface area contributed by atoms with Gasteiger partial charge >= 0.3 is 12.1 Å². The summed E-state index contributed by atoms with van der Waals surface area (Å²) in [6.45, 7) is 18.0. The number of esters is 1. The van der Waals surface area contributed by atoms with E-state index in [0.717, 1.165) is 6.42 Å². The maximum absolute atomic E-state index is 14.5. The number of allylic oxidation sites excluding steroid dienone is 6. The standard InChI is InChI=1S/C55H88N2O14/c1-33-18-14-13-15-19-35(3)43(57(66)53(64)71-54(8,9)10)32-41-24-22-39(7)55(65,70-41)50(61)51(62)56-27-17-16-20-42(56)52(63)69-45(36(4)30-40-23-25-44(58)46(31-40)67-11)26-21-34(2)29-38(6)48(60)49(68-12)47(59)37(5)28-33/h13-15,18-19,29,33-34,36-37,39-46,48-49,58,60,65-66H,16-17,20-28,30-32H2,1-12H3/b15-13+,18-14+,35-19+,38-29+/t33-,34+,36-,37-,39-,40+,41+,42+,43+,44-,45+,46-,48-,49+,55-/m1/s1. The Balaban J connectivity index is 1.73. The van der Waals surface area contributed by atoms with Gasteiger partial charge in [-0.15, -0.1) is 0 Å². The Morgan fingerprint density at radius 2 is 1.58 bits per heavy atom. The molecule has 2 amide bonds. The lowest BCUT2D eigenvalue weighted by Gasteiger charge is -2.43. The van der Waals surface area contributed by atoms with Gasteiger partial charge in [-0.1, -0.05) is 71.1 Å². The molecule has 16 heteroatoms. The molecule has 4 N–H and O–H groups in total. The van der Waals surface area contributed by atoms with Crippen LogP contribution in [0.4, 0.5) is 4.79 Å². The Morgan fingerprint density at radius 1 is 0.873 bits per heavy atom. The third-order valence-electron chi connectivity index (χ3n) is 15.1. The number of hydrogen-bond acceptors (Lipinski definition) is 14. The molecule has 15 atom stereocenters. The maximum atomic E-state index is 14.5. The van der Waals surface area contributed by atoms with E-state index in [4.69, 9.17) is 23.7 Å². The van der Waals surface area contributed by atoms with Gasteiger partial charge in [0.15, 0.2) is 5.78 Å². The van der Waals surface area contributed by atoms with Gasteiger partial charge in [-0.05, 0) is 146 Å². The first kappa shape index (κ1) is 59.8. The summed E-state index contributed by atoms with van der Waals surface area (Å²) in [5, 5.41) is 46.0. The van der Waals surface area contributed by atoms with Gasteiger partial charge in [0, 0.05) is 39.0 Å². The highest BCUT2D eigenvalue weighted by molar-refractivity contribution is 6.39. The lowest BCUT2D eigenvalue weighted by atomic mass is 9.78. The van der Waals surface area contributed by atoms with E-state index in [2.05, 4.69) is 0 Å². The summed E-state index contributed by atoms with van der Waals surface area (Å²) in [5.41, 5.74) is 0.161. The molecule has 1 saturated carbocycles. The number of piperidine rings is 1. The van der Waals surface area contributed by atoms with E-state index in [-0.39, 0.29) is 61.4 Å². The van der Waals surface area contributed by atoms with Gasteiger partial charge in [-0.2, -0.15) is 5.06 Å². The summed E-state index contributed by atoms with van der Waals surface area (Å²) in [7, 11) is 3.01. The van der Waals surface area contributed by atoms with Crippen molar-refractivity contribution in [2.75, 3.05) is 20.8 Å².